The van der Waals surface area contributed by atoms with Gasteiger partial charge >= 0.3 is 0 Å². The van der Waals surface area contributed by atoms with E-state index in [1.165, 1.54) is 11.8 Å². The number of hydrogen-bond donors (Lipinski definition) is 0. The summed E-state index contributed by atoms with van der Waals surface area (Å²) in [5.41, 5.74) is 3.58. The van der Waals surface area contributed by atoms with E-state index in [9.17, 15) is 4.79 Å². The predicted molar refractivity (Wildman–Crippen MR) is 140 cm³/mol. The van der Waals surface area contributed by atoms with Gasteiger partial charge in [-0.15, -0.1) is 0 Å². The zero-order valence-corrected chi connectivity index (χ0v) is 20.7. The minimum atomic E-state index is -0.0407. The maximum Gasteiger partial charge on any atom is 0.266 e. The van der Waals surface area contributed by atoms with Crippen molar-refractivity contribution in [3.8, 4) is 22.7 Å². The van der Waals surface area contributed by atoms with Crippen LogP contribution in [0.5, 0.6) is 5.75 Å². The third-order valence-corrected chi connectivity index (χ3v) is 6.84. The standard InChI is InChI=1S/C26H27N3O2S2/c1-4-15-31-22-13-11-19(12-14-22)24-20(17-28(27-24)21-9-7-6-8-10-21)16-23-25(30)29(18(3)5-2)26(32)33-23/h6-14,16-18H,4-5,15H2,1-3H3. The van der Waals surface area contributed by atoms with E-state index in [0.29, 0.717) is 15.8 Å². The first-order valence-electron chi connectivity index (χ1n) is 11.2. The second kappa shape index (κ2) is 10.4. The zero-order valence-electron chi connectivity index (χ0n) is 19.0. The lowest BCUT2D eigenvalue weighted by Crippen LogP contribution is -2.36. The van der Waals surface area contributed by atoms with E-state index in [-0.39, 0.29) is 11.9 Å². The molecule has 1 unspecified atom stereocenters. The normalized spacial score (nSPS) is 16.0. The number of ether oxygens (including phenoxy) is 1. The maximum atomic E-state index is 13.1. The lowest BCUT2D eigenvalue weighted by atomic mass is 10.1. The molecule has 1 aliphatic heterocycles. The van der Waals surface area contributed by atoms with Gasteiger partial charge in [0.2, 0.25) is 0 Å². The Bertz CT molecular complexity index is 1170. The van der Waals surface area contributed by atoms with Gasteiger partial charge < -0.3 is 4.74 Å². The van der Waals surface area contributed by atoms with Crippen molar-refractivity contribution in [2.45, 2.75) is 39.7 Å². The van der Waals surface area contributed by atoms with E-state index in [2.05, 4.69) is 13.8 Å². The molecule has 7 heteroatoms. The van der Waals surface area contributed by atoms with Crippen LogP contribution in [0, 0.1) is 0 Å². The quantitative estimate of drug-likeness (QED) is 0.280. The first-order valence-corrected chi connectivity index (χ1v) is 12.4. The first kappa shape index (κ1) is 23.3. The van der Waals surface area contributed by atoms with Gasteiger partial charge in [0.15, 0.2) is 0 Å². The summed E-state index contributed by atoms with van der Waals surface area (Å²) >= 11 is 6.86. The Hall–Kier alpha value is -2.90. The summed E-state index contributed by atoms with van der Waals surface area (Å²) in [7, 11) is 0. The molecule has 4 rings (SSSR count). The third kappa shape index (κ3) is 5.04. The molecule has 170 valence electrons. The van der Waals surface area contributed by atoms with Crippen molar-refractivity contribution in [2.75, 3.05) is 6.61 Å². The minimum Gasteiger partial charge on any atom is -0.494 e. The van der Waals surface area contributed by atoms with Gasteiger partial charge in [0, 0.05) is 23.4 Å². The van der Waals surface area contributed by atoms with Crippen molar-refractivity contribution in [1.29, 1.82) is 0 Å². The number of carbonyl (C=O) groups excluding carboxylic acids is 1. The molecule has 1 saturated heterocycles. The number of para-hydroxylation sites is 1. The predicted octanol–water partition coefficient (Wildman–Crippen LogP) is 6.33. The molecule has 1 fully saturated rings. The molecule has 1 amide bonds. The maximum absolute atomic E-state index is 13.1. The second-order valence-electron chi connectivity index (χ2n) is 7.89. The molecule has 0 N–H and O–H groups in total. The molecule has 1 aliphatic rings. The van der Waals surface area contributed by atoms with Crippen molar-refractivity contribution in [1.82, 2.24) is 14.7 Å². The van der Waals surface area contributed by atoms with Crippen molar-refractivity contribution < 1.29 is 9.53 Å². The van der Waals surface area contributed by atoms with Gasteiger partial charge in [-0.2, -0.15) is 5.10 Å². The summed E-state index contributed by atoms with van der Waals surface area (Å²) in [4.78, 5) is 15.4. The fourth-order valence-corrected chi connectivity index (χ4v) is 5.00. The highest BCUT2D eigenvalue weighted by molar-refractivity contribution is 8.26. The topological polar surface area (TPSA) is 47.4 Å². The zero-order chi connectivity index (χ0) is 23.4. The highest BCUT2D eigenvalue weighted by Gasteiger charge is 2.35. The van der Waals surface area contributed by atoms with E-state index in [1.54, 1.807) is 4.90 Å². The Balaban J connectivity index is 1.74. The van der Waals surface area contributed by atoms with E-state index < -0.39 is 0 Å². The van der Waals surface area contributed by atoms with Crippen LogP contribution in [0.1, 0.15) is 39.2 Å². The molecule has 1 atom stereocenters. The molecule has 0 spiro atoms. The van der Waals surface area contributed by atoms with Crippen LogP contribution in [0.4, 0.5) is 0 Å². The van der Waals surface area contributed by atoms with E-state index in [4.69, 9.17) is 22.1 Å². The molecule has 0 aliphatic carbocycles. The van der Waals surface area contributed by atoms with Crippen LogP contribution < -0.4 is 4.74 Å². The smallest absolute Gasteiger partial charge is 0.266 e. The SMILES string of the molecule is CCCOc1ccc(-c2nn(-c3ccccc3)cc2C=C2SC(=S)N(C(C)CC)C2=O)cc1. The molecule has 1 aromatic heterocycles. The number of nitrogens with zero attached hydrogens (tertiary/aromatic N) is 3. The Morgan fingerprint density at radius 3 is 2.52 bits per heavy atom. The Kier molecular flexibility index (Phi) is 7.30. The van der Waals surface area contributed by atoms with Crippen LogP contribution in [0.2, 0.25) is 0 Å². The molecule has 0 radical (unpaired) electrons. The third-order valence-electron chi connectivity index (χ3n) is 5.51. The summed E-state index contributed by atoms with van der Waals surface area (Å²) in [5, 5.41) is 4.86. The van der Waals surface area contributed by atoms with Gasteiger partial charge in [0.05, 0.1) is 22.9 Å². The van der Waals surface area contributed by atoms with Crippen molar-refractivity contribution in [3.63, 3.8) is 0 Å². The molecule has 0 bridgehead atoms. The van der Waals surface area contributed by atoms with Crippen LogP contribution in [0.25, 0.3) is 23.0 Å². The summed E-state index contributed by atoms with van der Waals surface area (Å²) in [6.07, 6.45) is 5.68. The fourth-order valence-electron chi connectivity index (χ4n) is 3.54. The van der Waals surface area contributed by atoms with Gasteiger partial charge in [-0.25, -0.2) is 4.68 Å². The lowest BCUT2D eigenvalue weighted by Gasteiger charge is -2.21. The van der Waals surface area contributed by atoms with Gasteiger partial charge in [-0.1, -0.05) is 56.0 Å². The van der Waals surface area contributed by atoms with E-state index in [1.807, 2.05) is 78.5 Å². The number of benzene rings is 2. The summed E-state index contributed by atoms with van der Waals surface area (Å²) < 4.78 is 8.18. The molecule has 2 aromatic carbocycles. The van der Waals surface area contributed by atoms with Crippen LogP contribution in [0.3, 0.4) is 0 Å². The second-order valence-corrected chi connectivity index (χ2v) is 9.57. The summed E-state index contributed by atoms with van der Waals surface area (Å²) in [5.74, 6) is 0.792. The number of carbonyl (C=O) groups is 1. The molecule has 2 heterocycles. The van der Waals surface area contributed by atoms with Gasteiger partial charge in [0.25, 0.3) is 5.91 Å². The number of thioether (sulfide) groups is 1. The van der Waals surface area contributed by atoms with Gasteiger partial charge in [0.1, 0.15) is 10.1 Å². The monoisotopic (exact) mass is 477 g/mol. The molecule has 3 aromatic rings. The Labute approximate surface area is 204 Å². The molecule has 0 saturated carbocycles. The van der Waals surface area contributed by atoms with Crippen molar-refractivity contribution in [3.05, 3.63) is 71.3 Å². The highest BCUT2D eigenvalue weighted by Crippen LogP contribution is 2.36. The molecular formula is C26H27N3O2S2. The number of amides is 1. The number of rotatable bonds is 8. The Morgan fingerprint density at radius 1 is 1.12 bits per heavy atom. The number of aromatic nitrogens is 2. The largest absolute Gasteiger partial charge is 0.494 e. The number of hydrogen-bond acceptors (Lipinski definition) is 5. The van der Waals surface area contributed by atoms with Crippen LogP contribution >= 0.6 is 24.0 Å². The van der Waals surface area contributed by atoms with E-state index >= 15 is 0 Å². The Morgan fingerprint density at radius 2 is 1.85 bits per heavy atom. The highest BCUT2D eigenvalue weighted by atomic mass is 32.2. The molecular weight excluding hydrogens is 450 g/mol. The first-order chi connectivity index (χ1) is 16.0. The fraction of sp³-hybridized carbons (Fsp3) is 0.269. The van der Waals surface area contributed by atoms with Crippen LogP contribution in [-0.2, 0) is 4.79 Å². The molecule has 5 nitrogen and oxygen atoms in total. The molecule has 33 heavy (non-hydrogen) atoms. The van der Waals surface area contributed by atoms with Crippen LogP contribution in [-0.4, -0.2) is 37.6 Å². The lowest BCUT2D eigenvalue weighted by molar-refractivity contribution is -0.123. The summed E-state index contributed by atoms with van der Waals surface area (Å²) in [6.45, 7) is 6.85. The summed E-state index contributed by atoms with van der Waals surface area (Å²) in [6, 6.07) is 17.9. The van der Waals surface area contributed by atoms with Gasteiger partial charge in [-0.05, 0) is 62.2 Å². The van der Waals surface area contributed by atoms with Crippen molar-refractivity contribution >= 4 is 40.3 Å². The average molecular weight is 478 g/mol. The average Bonchev–Trinajstić information content (AvgIpc) is 3.38. The number of thiocarbonyl (C=S) groups is 1. The van der Waals surface area contributed by atoms with E-state index in [0.717, 1.165) is 41.1 Å². The van der Waals surface area contributed by atoms with Crippen LogP contribution in [0.15, 0.2) is 65.7 Å². The van der Waals surface area contributed by atoms with Crippen molar-refractivity contribution in [2.24, 2.45) is 0 Å². The minimum absolute atomic E-state index is 0.0407. The van der Waals surface area contributed by atoms with Gasteiger partial charge in [-0.3, -0.25) is 9.69 Å².